The molecule has 1 N–H and O–H groups in total. The molecule has 0 spiro atoms. The molecular formula is C13H23N3. The molecular weight excluding hydrogens is 198 g/mol. The van der Waals surface area contributed by atoms with Gasteiger partial charge < -0.3 is 5.32 Å². The van der Waals surface area contributed by atoms with Crippen LogP contribution in [0.1, 0.15) is 50.6 Å². The first kappa shape index (κ1) is 11.6. The summed E-state index contributed by atoms with van der Waals surface area (Å²) in [6.45, 7) is 2.42. The second-order valence-electron chi connectivity index (χ2n) is 5.38. The highest BCUT2D eigenvalue weighted by molar-refractivity contribution is 5.14. The number of aryl methyl sites for hydroxylation is 1. The SMILES string of the molecule is CNC(c1cnn(C)c1)C1(C)CCCCC1. The summed E-state index contributed by atoms with van der Waals surface area (Å²) in [7, 11) is 4.05. The summed E-state index contributed by atoms with van der Waals surface area (Å²) < 4.78 is 1.89. The van der Waals surface area contributed by atoms with Crippen molar-refractivity contribution in [3.05, 3.63) is 18.0 Å². The van der Waals surface area contributed by atoms with Crippen molar-refractivity contribution in [1.29, 1.82) is 0 Å². The van der Waals surface area contributed by atoms with Crippen LogP contribution < -0.4 is 5.32 Å². The number of aromatic nitrogens is 2. The first-order chi connectivity index (χ1) is 7.65. The van der Waals surface area contributed by atoms with Gasteiger partial charge in [-0.15, -0.1) is 0 Å². The molecule has 2 rings (SSSR count). The Balaban J connectivity index is 2.20. The molecule has 1 atom stereocenters. The minimum atomic E-state index is 0.399. The molecule has 16 heavy (non-hydrogen) atoms. The van der Waals surface area contributed by atoms with Gasteiger partial charge in [0.25, 0.3) is 0 Å². The van der Waals surface area contributed by atoms with Crippen molar-refractivity contribution in [2.75, 3.05) is 7.05 Å². The van der Waals surface area contributed by atoms with Crippen molar-refractivity contribution < 1.29 is 0 Å². The first-order valence-corrected chi connectivity index (χ1v) is 6.31. The molecule has 1 aromatic heterocycles. The molecule has 1 aromatic rings. The Bertz CT molecular complexity index is 337. The number of rotatable bonds is 3. The molecule has 0 bridgehead atoms. The van der Waals surface area contributed by atoms with Crippen LogP contribution in [0.4, 0.5) is 0 Å². The molecule has 3 heteroatoms. The van der Waals surface area contributed by atoms with Crippen LogP contribution in [0.25, 0.3) is 0 Å². The van der Waals surface area contributed by atoms with Crippen molar-refractivity contribution in [2.24, 2.45) is 12.5 Å². The molecule has 0 saturated heterocycles. The third-order valence-corrected chi connectivity index (χ3v) is 4.04. The molecule has 1 unspecified atom stereocenters. The predicted molar refractivity (Wildman–Crippen MR) is 66.2 cm³/mol. The normalized spacial score (nSPS) is 21.9. The summed E-state index contributed by atoms with van der Waals surface area (Å²) in [4.78, 5) is 0. The quantitative estimate of drug-likeness (QED) is 0.850. The molecule has 0 aromatic carbocycles. The highest BCUT2D eigenvalue weighted by Gasteiger charge is 2.35. The lowest BCUT2D eigenvalue weighted by atomic mass is 9.69. The molecule has 0 aliphatic heterocycles. The van der Waals surface area contributed by atoms with Crippen LogP contribution in [0, 0.1) is 5.41 Å². The van der Waals surface area contributed by atoms with E-state index in [1.807, 2.05) is 17.9 Å². The lowest BCUT2D eigenvalue weighted by Gasteiger charge is -2.40. The zero-order valence-corrected chi connectivity index (χ0v) is 10.7. The van der Waals surface area contributed by atoms with Crippen molar-refractivity contribution in [2.45, 2.75) is 45.1 Å². The Morgan fingerprint density at radius 3 is 2.56 bits per heavy atom. The topological polar surface area (TPSA) is 29.9 Å². The van der Waals surface area contributed by atoms with E-state index < -0.39 is 0 Å². The van der Waals surface area contributed by atoms with Crippen molar-refractivity contribution >= 4 is 0 Å². The average Bonchev–Trinajstić information content (AvgIpc) is 2.66. The zero-order valence-electron chi connectivity index (χ0n) is 10.7. The lowest BCUT2D eigenvalue weighted by molar-refractivity contribution is 0.150. The molecule has 1 aliphatic carbocycles. The second-order valence-corrected chi connectivity index (χ2v) is 5.38. The van der Waals surface area contributed by atoms with Crippen LogP contribution in [-0.4, -0.2) is 16.8 Å². The van der Waals surface area contributed by atoms with E-state index in [4.69, 9.17) is 0 Å². The Morgan fingerprint density at radius 2 is 2.06 bits per heavy atom. The maximum Gasteiger partial charge on any atom is 0.0537 e. The summed E-state index contributed by atoms with van der Waals surface area (Å²) in [5, 5.41) is 7.78. The molecule has 0 radical (unpaired) electrons. The summed E-state index contributed by atoms with van der Waals surface area (Å²) in [6.07, 6.45) is 10.9. The number of hydrogen-bond donors (Lipinski definition) is 1. The molecule has 90 valence electrons. The van der Waals surface area contributed by atoms with Crippen LogP contribution in [-0.2, 0) is 7.05 Å². The van der Waals surface area contributed by atoms with Crippen molar-refractivity contribution in [3.8, 4) is 0 Å². The Kier molecular flexibility index (Phi) is 3.33. The van der Waals surface area contributed by atoms with Gasteiger partial charge in [0.2, 0.25) is 0 Å². The zero-order chi connectivity index (χ0) is 11.6. The standard InChI is InChI=1S/C13H23N3/c1-13(7-5-4-6-8-13)12(14-2)11-9-15-16(3)10-11/h9-10,12,14H,4-8H2,1-3H3. The van der Waals surface area contributed by atoms with Gasteiger partial charge in [0, 0.05) is 24.8 Å². The smallest absolute Gasteiger partial charge is 0.0537 e. The van der Waals surface area contributed by atoms with Gasteiger partial charge in [-0.1, -0.05) is 26.2 Å². The van der Waals surface area contributed by atoms with E-state index in [0.29, 0.717) is 11.5 Å². The van der Waals surface area contributed by atoms with Gasteiger partial charge in [0.15, 0.2) is 0 Å². The average molecular weight is 221 g/mol. The van der Waals surface area contributed by atoms with E-state index >= 15 is 0 Å². The highest BCUT2D eigenvalue weighted by Crippen LogP contribution is 2.45. The monoisotopic (exact) mass is 221 g/mol. The maximum atomic E-state index is 4.29. The highest BCUT2D eigenvalue weighted by atomic mass is 15.2. The van der Waals surface area contributed by atoms with E-state index in [-0.39, 0.29) is 0 Å². The van der Waals surface area contributed by atoms with E-state index in [2.05, 4.69) is 30.6 Å². The summed E-state index contributed by atoms with van der Waals surface area (Å²) >= 11 is 0. The minimum absolute atomic E-state index is 0.399. The largest absolute Gasteiger partial charge is 0.312 e. The lowest BCUT2D eigenvalue weighted by Crippen LogP contribution is -2.35. The second kappa shape index (κ2) is 4.58. The van der Waals surface area contributed by atoms with Crippen molar-refractivity contribution in [3.63, 3.8) is 0 Å². The molecule has 0 amide bonds. The van der Waals surface area contributed by atoms with Gasteiger partial charge in [-0.2, -0.15) is 5.10 Å². The summed E-state index contributed by atoms with van der Waals surface area (Å²) in [5.74, 6) is 0. The van der Waals surface area contributed by atoms with Gasteiger partial charge in [0.05, 0.1) is 6.20 Å². The molecule has 1 fully saturated rings. The third kappa shape index (κ3) is 2.14. The van der Waals surface area contributed by atoms with Crippen LogP contribution in [0.15, 0.2) is 12.4 Å². The van der Waals surface area contributed by atoms with E-state index in [1.54, 1.807) is 0 Å². The van der Waals surface area contributed by atoms with Crippen LogP contribution in [0.2, 0.25) is 0 Å². The first-order valence-electron chi connectivity index (χ1n) is 6.31. The van der Waals surface area contributed by atoms with Crippen LogP contribution in [0.5, 0.6) is 0 Å². The van der Waals surface area contributed by atoms with Crippen LogP contribution in [0.3, 0.4) is 0 Å². The molecule has 3 nitrogen and oxygen atoms in total. The maximum absolute atomic E-state index is 4.29. The fourth-order valence-corrected chi connectivity index (χ4v) is 3.15. The van der Waals surface area contributed by atoms with E-state index in [1.165, 1.54) is 37.7 Å². The summed E-state index contributed by atoms with van der Waals surface area (Å²) in [5.41, 5.74) is 1.73. The van der Waals surface area contributed by atoms with Crippen molar-refractivity contribution in [1.82, 2.24) is 15.1 Å². The van der Waals surface area contributed by atoms with Gasteiger partial charge in [0.1, 0.15) is 0 Å². The number of nitrogens with zero attached hydrogens (tertiary/aromatic N) is 2. The molecule has 1 saturated carbocycles. The van der Waals surface area contributed by atoms with Crippen LogP contribution >= 0.6 is 0 Å². The van der Waals surface area contributed by atoms with Gasteiger partial charge in [-0.05, 0) is 25.3 Å². The predicted octanol–water partition coefficient (Wildman–Crippen LogP) is 2.65. The van der Waals surface area contributed by atoms with Gasteiger partial charge >= 0.3 is 0 Å². The fourth-order valence-electron chi connectivity index (χ4n) is 3.15. The Morgan fingerprint density at radius 1 is 1.38 bits per heavy atom. The van der Waals surface area contributed by atoms with Gasteiger partial charge in [-0.3, -0.25) is 4.68 Å². The third-order valence-electron chi connectivity index (χ3n) is 4.04. The van der Waals surface area contributed by atoms with Gasteiger partial charge in [-0.25, -0.2) is 0 Å². The molecule has 1 heterocycles. The minimum Gasteiger partial charge on any atom is -0.312 e. The summed E-state index contributed by atoms with van der Waals surface area (Å²) in [6, 6.07) is 0.446. The van der Waals surface area contributed by atoms with E-state index in [0.717, 1.165) is 0 Å². The number of hydrogen-bond acceptors (Lipinski definition) is 2. The Hall–Kier alpha value is -0.830. The van der Waals surface area contributed by atoms with E-state index in [9.17, 15) is 0 Å². The molecule has 1 aliphatic rings. The fraction of sp³-hybridized carbons (Fsp3) is 0.769. The Labute approximate surface area is 98.2 Å². The number of nitrogens with one attached hydrogen (secondary N) is 1.